The molecule has 1 heterocycles. The lowest BCUT2D eigenvalue weighted by atomic mass is 9.83. The van der Waals surface area contributed by atoms with Crippen LogP contribution in [0.25, 0.3) is 0 Å². The fraction of sp³-hybridized carbons (Fsp3) is 0.0968. The van der Waals surface area contributed by atoms with Crippen LogP contribution in [-0.2, 0) is 17.8 Å². The van der Waals surface area contributed by atoms with E-state index in [4.69, 9.17) is 43.1 Å². The van der Waals surface area contributed by atoms with Crippen molar-refractivity contribution >= 4 is 29.2 Å². The second-order valence-electron chi connectivity index (χ2n) is 8.86. The molecular formula is C31H22Cl2N2O4. The van der Waals surface area contributed by atoms with Crippen LogP contribution in [0.4, 0.5) is 0 Å². The van der Waals surface area contributed by atoms with Crippen molar-refractivity contribution in [3.63, 3.8) is 0 Å². The van der Waals surface area contributed by atoms with E-state index < -0.39 is 11.9 Å². The average Bonchev–Trinajstić information content (AvgIpc) is 2.92. The Labute approximate surface area is 235 Å². The summed E-state index contributed by atoms with van der Waals surface area (Å²) in [5.74, 6) is 0.395. The van der Waals surface area contributed by atoms with Crippen LogP contribution >= 0.6 is 23.2 Å². The van der Waals surface area contributed by atoms with Gasteiger partial charge < -0.3 is 19.9 Å². The van der Waals surface area contributed by atoms with Crippen LogP contribution in [0.5, 0.6) is 17.2 Å². The Bertz CT molecular complexity index is 1610. The number of hydrogen-bond acceptors (Lipinski definition) is 6. The molecule has 1 aliphatic heterocycles. The van der Waals surface area contributed by atoms with Crippen LogP contribution in [0, 0.1) is 11.3 Å². The molecule has 1 aliphatic rings. The quantitative estimate of drug-likeness (QED) is 0.196. The van der Waals surface area contributed by atoms with Crippen molar-refractivity contribution in [1.29, 1.82) is 5.26 Å². The molecule has 0 aliphatic carbocycles. The van der Waals surface area contributed by atoms with Crippen molar-refractivity contribution in [2.75, 3.05) is 0 Å². The van der Waals surface area contributed by atoms with Gasteiger partial charge in [-0.2, -0.15) is 5.26 Å². The van der Waals surface area contributed by atoms with Gasteiger partial charge in [-0.05, 0) is 41.5 Å². The van der Waals surface area contributed by atoms with Gasteiger partial charge in [-0.25, -0.2) is 0 Å². The summed E-state index contributed by atoms with van der Waals surface area (Å²) in [6, 6.07) is 29.2. The first-order chi connectivity index (χ1) is 18.9. The SMILES string of the molecule is N#CC1=C(N)Oc2cc(OC(=O)Cc3ccccc3)ccc2C1c1cccc(OCc2ccc(Cl)cc2Cl)c1. The number of hydrogen-bond donors (Lipinski definition) is 1. The molecule has 0 radical (unpaired) electrons. The van der Waals surface area contributed by atoms with Gasteiger partial charge in [0, 0.05) is 27.2 Å². The maximum Gasteiger partial charge on any atom is 0.315 e. The molecule has 0 aromatic heterocycles. The van der Waals surface area contributed by atoms with Crippen molar-refractivity contribution < 1.29 is 19.0 Å². The third kappa shape index (κ3) is 6.01. The number of nitrogens with two attached hydrogens (primary N) is 1. The highest BCUT2D eigenvalue weighted by Crippen LogP contribution is 2.44. The molecule has 0 bridgehead atoms. The van der Waals surface area contributed by atoms with Gasteiger partial charge in [-0.15, -0.1) is 0 Å². The highest BCUT2D eigenvalue weighted by Gasteiger charge is 2.31. The average molecular weight is 557 g/mol. The Morgan fingerprint density at radius 3 is 2.54 bits per heavy atom. The smallest absolute Gasteiger partial charge is 0.315 e. The van der Waals surface area contributed by atoms with Crippen LogP contribution in [0.2, 0.25) is 10.0 Å². The highest BCUT2D eigenvalue weighted by molar-refractivity contribution is 6.35. The summed E-state index contributed by atoms with van der Waals surface area (Å²) < 4.78 is 17.3. The summed E-state index contributed by atoms with van der Waals surface area (Å²) >= 11 is 12.3. The monoisotopic (exact) mass is 556 g/mol. The molecule has 1 unspecified atom stereocenters. The van der Waals surface area contributed by atoms with Gasteiger partial charge in [0.15, 0.2) is 0 Å². The summed E-state index contributed by atoms with van der Waals surface area (Å²) in [6.07, 6.45) is 0.135. The number of esters is 1. The third-order valence-electron chi connectivity index (χ3n) is 6.21. The number of carbonyl (C=O) groups is 1. The molecule has 8 heteroatoms. The molecule has 0 saturated heterocycles. The zero-order valence-electron chi connectivity index (χ0n) is 20.6. The van der Waals surface area contributed by atoms with E-state index >= 15 is 0 Å². The first-order valence-electron chi connectivity index (χ1n) is 12.0. The lowest BCUT2D eigenvalue weighted by Crippen LogP contribution is -2.21. The predicted molar refractivity (Wildman–Crippen MR) is 149 cm³/mol. The van der Waals surface area contributed by atoms with Crippen LogP contribution in [0.1, 0.15) is 28.2 Å². The Kier molecular flexibility index (Phi) is 7.74. The normalized spacial score (nSPS) is 14.1. The molecule has 4 aromatic carbocycles. The van der Waals surface area contributed by atoms with Gasteiger partial charge in [0.2, 0.25) is 5.88 Å². The summed E-state index contributed by atoms with van der Waals surface area (Å²) in [5.41, 5.74) is 9.57. The minimum absolute atomic E-state index is 0.0120. The lowest BCUT2D eigenvalue weighted by molar-refractivity contribution is -0.133. The zero-order chi connectivity index (χ0) is 27.4. The molecule has 6 nitrogen and oxygen atoms in total. The first-order valence-corrected chi connectivity index (χ1v) is 12.8. The number of fused-ring (bicyclic) bond motifs is 1. The fourth-order valence-electron chi connectivity index (χ4n) is 4.36. The molecular weight excluding hydrogens is 535 g/mol. The lowest BCUT2D eigenvalue weighted by Gasteiger charge is -2.27. The minimum atomic E-state index is -0.504. The minimum Gasteiger partial charge on any atom is -0.489 e. The van der Waals surface area contributed by atoms with Gasteiger partial charge in [0.1, 0.15) is 35.5 Å². The second-order valence-corrected chi connectivity index (χ2v) is 9.70. The number of benzene rings is 4. The Morgan fingerprint density at radius 1 is 0.949 bits per heavy atom. The highest BCUT2D eigenvalue weighted by atomic mass is 35.5. The van der Waals surface area contributed by atoms with Gasteiger partial charge in [0.05, 0.1) is 12.3 Å². The van der Waals surface area contributed by atoms with Crippen molar-refractivity contribution in [3.05, 3.63) is 135 Å². The number of nitrogens with zero attached hydrogens (tertiary/aromatic N) is 1. The van der Waals surface area contributed by atoms with Crippen LogP contribution in [0.15, 0.2) is 102 Å². The summed E-state index contributed by atoms with van der Waals surface area (Å²) in [5, 5.41) is 11.0. The summed E-state index contributed by atoms with van der Waals surface area (Å²) in [7, 11) is 0. The predicted octanol–water partition coefficient (Wildman–Crippen LogP) is 6.94. The number of carbonyl (C=O) groups excluding carboxylic acids is 1. The van der Waals surface area contributed by atoms with Crippen LogP contribution in [-0.4, -0.2) is 5.97 Å². The third-order valence-corrected chi connectivity index (χ3v) is 6.80. The fourth-order valence-corrected chi connectivity index (χ4v) is 4.82. The number of rotatable bonds is 7. The largest absolute Gasteiger partial charge is 0.489 e. The summed E-state index contributed by atoms with van der Waals surface area (Å²) in [6.45, 7) is 0.241. The Hall–Kier alpha value is -4.44. The molecule has 5 rings (SSSR count). The molecule has 4 aromatic rings. The first kappa shape index (κ1) is 26.2. The van der Waals surface area contributed by atoms with E-state index in [0.29, 0.717) is 32.9 Å². The van der Waals surface area contributed by atoms with E-state index in [-0.39, 0.29) is 24.5 Å². The second kappa shape index (κ2) is 11.5. The van der Waals surface area contributed by atoms with E-state index in [1.165, 1.54) is 0 Å². The van der Waals surface area contributed by atoms with E-state index in [0.717, 1.165) is 16.7 Å². The van der Waals surface area contributed by atoms with Crippen molar-refractivity contribution in [1.82, 2.24) is 0 Å². The van der Waals surface area contributed by atoms with E-state index in [1.807, 2.05) is 60.7 Å². The van der Waals surface area contributed by atoms with Gasteiger partial charge in [-0.3, -0.25) is 4.79 Å². The van der Waals surface area contributed by atoms with E-state index in [1.54, 1.807) is 30.3 Å². The van der Waals surface area contributed by atoms with Gasteiger partial charge >= 0.3 is 5.97 Å². The number of ether oxygens (including phenoxy) is 3. The van der Waals surface area contributed by atoms with E-state index in [2.05, 4.69) is 6.07 Å². The van der Waals surface area contributed by atoms with Crippen LogP contribution in [0.3, 0.4) is 0 Å². The molecule has 1 atom stereocenters. The molecule has 2 N–H and O–H groups in total. The Morgan fingerprint density at radius 2 is 1.77 bits per heavy atom. The molecule has 194 valence electrons. The number of allylic oxidation sites excluding steroid dienone is 1. The Balaban J connectivity index is 1.39. The molecule has 0 fully saturated rings. The van der Waals surface area contributed by atoms with Crippen molar-refractivity contribution in [2.45, 2.75) is 18.9 Å². The molecule has 39 heavy (non-hydrogen) atoms. The van der Waals surface area contributed by atoms with Crippen molar-refractivity contribution in [3.8, 4) is 23.3 Å². The maximum atomic E-state index is 12.5. The zero-order valence-corrected chi connectivity index (χ0v) is 22.1. The molecule has 0 amide bonds. The number of halogens is 2. The van der Waals surface area contributed by atoms with Gasteiger partial charge in [-0.1, -0.05) is 77.8 Å². The van der Waals surface area contributed by atoms with Gasteiger partial charge in [0.25, 0.3) is 0 Å². The molecule has 0 spiro atoms. The standard InChI is InChI=1S/C31H22Cl2N2O4/c32-22-10-9-21(27(33)15-22)18-37-23-8-4-7-20(14-23)30-25-12-11-24(16-28(25)39-31(35)26(30)17-34)38-29(36)13-19-5-2-1-3-6-19/h1-12,14-16,30H,13,18,35H2. The summed E-state index contributed by atoms with van der Waals surface area (Å²) in [4.78, 5) is 12.5. The van der Waals surface area contributed by atoms with Crippen LogP contribution < -0.4 is 19.9 Å². The molecule has 0 saturated carbocycles. The van der Waals surface area contributed by atoms with Crippen molar-refractivity contribution in [2.24, 2.45) is 5.73 Å². The maximum absolute atomic E-state index is 12.5. The van der Waals surface area contributed by atoms with E-state index in [9.17, 15) is 10.1 Å². The number of nitriles is 1. The topological polar surface area (TPSA) is 94.6 Å².